The minimum Gasteiger partial charge on any atom is -0.508 e. The molecule has 0 amide bonds. The Balaban J connectivity index is 2.06. The molecule has 0 radical (unpaired) electrons. The van der Waals surface area contributed by atoms with Crippen molar-refractivity contribution in [2.75, 3.05) is 6.61 Å². The van der Waals surface area contributed by atoms with Crippen molar-refractivity contribution in [1.29, 1.82) is 0 Å². The van der Waals surface area contributed by atoms with Crippen LogP contribution in [0.15, 0.2) is 18.2 Å². The first kappa shape index (κ1) is 11.9. The number of aromatic hydroxyl groups is 1. The van der Waals surface area contributed by atoms with E-state index in [0.29, 0.717) is 6.42 Å². The van der Waals surface area contributed by atoms with Gasteiger partial charge in [0.15, 0.2) is 0 Å². The predicted octanol–water partition coefficient (Wildman–Crippen LogP) is 0.808. The van der Waals surface area contributed by atoms with Crippen LogP contribution in [0.3, 0.4) is 0 Å². The van der Waals surface area contributed by atoms with E-state index in [1.807, 2.05) is 0 Å². The zero-order valence-corrected chi connectivity index (χ0v) is 9.30. The third kappa shape index (κ3) is 2.57. The lowest BCUT2D eigenvalue weighted by Gasteiger charge is -2.17. The molecule has 0 spiro atoms. The van der Waals surface area contributed by atoms with Gasteiger partial charge in [-0.1, -0.05) is 6.07 Å². The number of phenols is 1. The van der Waals surface area contributed by atoms with Crippen LogP contribution >= 0.6 is 0 Å². The van der Waals surface area contributed by atoms with Gasteiger partial charge >= 0.3 is 5.97 Å². The van der Waals surface area contributed by atoms with E-state index in [1.54, 1.807) is 18.2 Å². The van der Waals surface area contributed by atoms with Crippen LogP contribution in [0.4, 0.5) is 0 Å². The summed E-state index contributed by atoms with van der Waals surface area (Å²) < 4.78 is 5.50. The highest BCUT2D eigenvalue weighted by Crippen LogP contribution is 2.35. The number of aliphatic carboxylic acids is 1. The zero-order valence-electron chi connectivity index (χ0n) is 9.30. The van der Waals surface area contributed by atoms with Crippen molar-refractivity contribution in [1.82, 2.24) is 0 Å². The number of carbonyl (C=O) groups is 1. The smallest absolute Gasteiger partial charge is 0.305 e. The number of phenolic OH excluding ortho intramolecular Hbond substituents is 1. The minimum atomic E-state index is -0.887. The maximum Gasteiger partial charge on any atom is 0.305 e. The number of carboxylic acid groups (broad SMARTS) is 1. The monoisotopic (exact) mass is 237 g/mol. The van der Waals surface area contributed by atoms with E-state index in [4.69, 9.17) is 15.6 Å². The summed E-state index contributed by atoms with van der Waals surface area (Å²) >= 11 is 0. The van der Waals surface area contributed by atoms with Gasteiger partial charge in [0.2, 0.25) is 0 Å². The summed E-state index contributed by atoms with van der Waals surface area (Å²) in [6, 6.07) is 4.86. The van der Waals surface area contributed by atoms with Gasteiger partial charge in [-0.15, -0.1) is 0 Å². The van der Waals surface area contributed by atoms with Gasteiger partial charge in [-0.05, 0) is 29.7 Å². The molecule has 0 bridgehead atoms. The summed E-state index contributed by atoms with van der Waals surface area (Å²) in [5, 5.41) is 17.9. The number of fused-ring (bicyclic) bond motifs is 1. The minimum absolute atomic E-state index is 0.0311. The molecule has 1 aliphatic rings. The van der Waals surface area contributed by atoms with Crippen molar-refractivity contribution in [3.8, 4) is 5.75 Å². The van der Waals surface area contributed by atoms with Gasteiger partial charge in [0.1, 0.15) is 5.75 Å². The Labute approximate surface area is 98.8 Å². The Morgan fingerprint density at radius 2 is 2.29 bits per heavy atom. The molecular weight excluding hydrogens is 222 g/mol. The second kappa shape index (κ2) is 4.73. The lowest BCUT2D eigenvalue weighted by molar-refractivity contribution is -0.138. The molecule has 0 saturated heterocycles. The van der Waals surface area contributed by atoms with Crippen LogP contribution in [0.2, 0.25) is 0 Å². The van der Waals surface area contributed by atoms with E-state index in [1.165, 1.54) is 0 Å². The fraction of sp³-hybridized carbons (Fsp3) is 0.417. The predicted molar refractivity (Wildman–Crippen MR) is 60.7 cm³/mol. The lowest BCUT2D eigenvalue weighted by atomic mass is 10.1. The van der Waals surface area contributed by atoms with Gasteiger partial charge in [-0.25, -0.2) is 0 Å². The Kier molecular flexibility index (Phi) is 3.31. The molecule has 0 saturated carbocycles. The molecule has 5 nitrogen and oxygen atoms in total. The Morgan fingerprint density at radius 1 is 1.53 bits per heavy atom. The molecule has 1 aliphatic carbocycles. The molecular formula is C12H15NO4. The molecule has 4 N–H and O–H groups in total. The first-order valence-corrected chi connectivity index (χ1v) is 5.48. The van der Waals surface area contributed by atoms with E-state index in [9.17, 15) is 9.90 Å². The molecule has 1 aromatic carbocycles. The summed E-state index contributed by atoms with van der Waals surface area (Å²) in [6.07, 6.45) is 0.336. The first-order chi connectivity index (χ1) is 8.08. The van der Waals surface area contributed by atoms with Gasteiger partial charge < -0.3 is 20.7 Å². The van der Waals surface area contributed by atoms with E-state index < -0.39 is 5.97 Å². The number of benzene rings is 1. The molecule has 0 fully saturated rings. The number of hydrogen-bond donors (Lipinski definition) is 3. The van der Waals surface area contributed by atoms with Crippen LogP contribution in [0.5, 0.6) is 5.75 Å². The third-order valence-corrected chi connectivity index (χ3v) is 2.89. The highest BCUT2D eigenvalue weighted by molar-refractivity contribution is 5.66. The molecule has 17 heavy (non-hydrogen) atoms. The SMILES string of the molecule is NC1Cc2cc(O)ccc2C1OCCC(=O)O. The fourth-order valence-electron chi connectivity index (χ4n) is 2.12. The second-order valence-corrected chi connectivity index (χ2v) is 4.19. The molecule has 0 aromatic heterocycles. The summed E-state index contributed by atoms with van der Waals surface area (Å²) in [5.74, 6) is -0.676. The normalized spacial score (nSPS) is 22.4. The lowest BCUT2D eigenvalue weighted by Crippen LogP contribution is -2.27. The van der Waals surface area contributed by atoms with E-state index in [0.717, 1.165) is 11.1 Å². The standard InChI is InChI=1S/C12H15NO4/c13-10-6-7-5-8(14)1-2-9(7)12(10)17-4-3-11(15)16/h1-2,5,10,12,14H,3-4,6,13H2,(H,15,16). The van der Waals surface area contributed by atoms with Crippen molar-refractivity contribution < 1.29 is 19.7 Å². The van der Waals surface area contributed by atoms with Crippen LogP contribution in [-0.2, 0) is 16.0 Å². The molecule has 2 unspecified atom stereocenters. The summed E-state index contributed by atoms with van der Waals surface area (Å²) in [7, 11) is 0. The van der Waals surface area contributed by atoms with Crippen LogP contribution in [0.25, 0.3) is 0 Å². The Bertz CT molecular complexity index is 433. The van der Waals surface area contributed by atoms with Crippen molar-refractivity contribution >= 4 is 5.97 Å². The molecule has 1 aromatic rings. The number of hydrogen-bond acceptors (Lipinski definition) is 4. The van der Waals surface area contributed by atoms with Gasteiger partial charge in [0.25, 0.3) is 0 Å². The van der Waals surface area contributed by atoms with Gasteiger partial charge in [0.05, 0.1) is 19.1 Å². The molecule has 0 heterocycles. The van der Waals surface area contributed by atoms with Crippen molar-refractivity contribution in [3.05, 3.63) is 29.3 Å². The largest absolute Gasteiger partial charge is 0.508 e. The highest BCUT2D eigenvalue weighted by atomic mass is 16.5. The topological polar surface area (TPSA) is 92.8 Å². The van der Waals surface area contributed by atoms with Crippen LogP contribution in [-0.4, -0.2) is 28.8 Å². The van der Waals surface area contributed by atoms with Crippen molar-refractivity contribution in [3.63, 3.8) is 0 Å². The fourth-order valence-corrected chi connectivity index (χ4v) is 2.12. The van der Waals surface area contributed by atoms with Gasteiger partial charge in [-0.3, -0.25) is 4.79 Å². The van der Waals surface area contributed by atoms with Crippen molar-refractivity contribution in [2.24, 2.45) is 5.73 Å². The average Bonchev–Trinajstić information content (AvgIpc) is 2.54. The number of ether oxygens (including phenoxy) is 1. The van der Waals surface area contributed by atoms with Crippen LogP contribution in [0, 0.1) is 0 Å². The summed E-state index contributed by atoms with van der Waals surface area (Å²) in [6.45, 7) is 0.147. The van der Waals surface area contributed by atoms with E-state index in [-0.39, 0.29) is 30.9 Å². The molecule has 92 valence electrons. The maximum absolute atomic E-state index is 10.4. The average molecular weight is 237 g/mol. The second-order valence-electron chi connectivity index (χ2n) is 4.19. The van der Waals surface area contributed by atoms with E-state index >= 15 is 0 Å². The van der Waals surface area contributed by atoms with Crippen LogP contribution in [0.1, 0.15) is 23.7 Å². The molecule has 0 aliphatic heterocycles. The first-order valence-electron chi connectivity index (χ1n) is 5.48. The Morgan fingerprint density at radius 3 is 3.00 bits per heavy atom. The van der Waals surface area contributed by atoms with Gasteiger partial charge in [-0.2, -0.15) is 0 Å². The van der Waals surface area contributed by atoms with Gasteiger partial charge in [0, 0.05) is 6.04 Å². The molecule has 5 heteroatoms. The molecule has 2 atom stereocenters. The maximum atomic E-state index is 10.4. The van der Waals surface area contributed by atoms with Crippen LogP contribution < -0.4 is 5.73 Å². The zero-order chi connectivity index (χ0) is 12.4. The van der Waals surface area contributed by atoms with E-state index in [2.05, 4.69) is 0 Å². The number of carboxylic acids is 1. The molecule has 2 rings (SSSR count). The summed E-state index contributed by atoms with van der Waals surface area (Å²) in [5.41, 5.74) is 7.86. The highest BCUT2D eigenvalue weighted by Gasteiger charge is 2.30. The number of rotatable bonds is 4. The van der Waals surface area contributed by atoms with Crippen molar-refractivity contribution in [2.45, 2.75) is 25.0 Å². The number of nitrogens with two attached hydrogens (primary N) is 1. The Hall–Kier alpha value is -1.59. The quantitative estimate of drug-likeness (QED) is 0.720. The third-order valence-electron chi connectivity index (χ3n) is 2.89. The summed E-state index contributed by atoms with van der Waals surface area (Å²) in [4.78, 5) is 10.4.